The average Bonchev–Trinajstić information content (AvgIpc) is 2.66. The third-order valence-electron chi connectivity index (χ3n) is 4.18. The van der Waals surface area contributed by atoms with E-state index in [1.54, 1.807) is 13.8 Å². The first kappa shape index (κ1) is 29.1. The maximum absolute atomic E-state index is 12.7. The van der Waals surface area contributed by atoms with E-state index < -0.39 is 66.2 Å². The highest BCUT2D eigenvalue weighted by Gasteiger charge is 2.30. The van der Waals surface area contributed by atoms with Crippen molar-refractivity contribution in [1.29, 1.82) is 0 Å². The fourth-order valence-corrected chi connectivity index (χ4v) is 2.80. The molecule has 182 valence electrons. The normalized spacial score (nSPS) is 14.5. The monoisotopic (exact) mass is 477 g/mol. The molecule has 32 heavy (non-hydrogen) atoms. The van der Waals surface area contributed by atoms with E-state index in [9.17, 15) is 33.9 Å². The van der Waals surface area contributed by atoms with E-state index in [0.29, 0.717) is 0 Å². The van der Waals surface area contributed by atoms with Crippen LogP contribution in [0.15, 0.2) is 0 Å². The van der Waals surface area contributed by atoms with E-state index in [1.165, 1.54) is 0 Å². The lowest BCUT2D eigenvalue weighted by Gasteiger charge is -2.25. The predicted molar refractivity (Wildman–Crippen MR) is 115 cm³/mol. The molecule has 0 heterocycles. The topological polar surface area (TPSA) is 231 Å². The highest BCUT2D eigenvalue weighted by Crippen LogP contribution is 2.07. The molecule has 4 unspecified atom stereocenters. The molecule has 0 spiro atoms. The standard InChI is InChI=1S/C18H31N5O8S/c1-8(2)5-11(22-15(27)9(19)6-14(25)26)16(28)23-12(7-32)17(29)21-10(18(30)31)3-4-13(20)24/h8-12,32H,3-7,19H2,1-2H3,(H2,20,24)(H,21,29)(H,22,27)(H,23,28)(H,25,26)(H,30,31). The Balaban J connectivity index is 5.25. The predicted octanol–water partition coefficient (Wildman–Crippen LogP) is -2.43. The number of carbonyl (C=O) groups is 6. The number of nitrogens with one attached hydrogen (secondary N) is 3. The van der Waals surface area contributed by atoms with Gasteiger partial charge in [-0.2, -0.15) is 12.6 Å². The Morgan fingerprint density at radius 3 is 1.81 bits per heavy atom. The van der Waals surface area contributed by atoms with Gasteiger partial charge < -0.3 is 37.6 Å². The van der Waals surface area contributed by atoms with Crippen LogP contribution < -0.4 is 27.4 Å². The van der Waals surface area contributed by atoms with Crippen molar-refractivity contribution in [2.45, 2.75) is 63.7 Å². The number of aliphatic carboxylic acids is 2. The molecule has 4 amide bonds. The SMILES string of the molecule is CC(C)CC(NC(=O)C(N)CC(=O)O)C(=O)NC(CS)C(=O)NC(CCC(N)=O)C(=O)O. The van der Waals surface area contributed by atoms with Crippen LogP contribution in [0.1, 0.15) is 39.5 Å². The number of thiol groups is 1. The van der Waals surface area contributed by atoms with Gasteiger partial charge >= 0.3 is 11.9 Å². The molecule has 0 saturated carbocycles. The number of hydrogen-bond acceptors (Lipinski definition) is 8. The van der Waals surface area contributed by atoms with Gasteiger partial charge in [0.2, 0.25) is 23.6 Å². The zero-order valence-electron chi connectivity index (χ0n) is 17.9. The Hall–Kier alpha value is -2.87. The number of carboxylic acid groups (broad SMARTS) is 2. The maximum Gasteiger partial charge on any atom is 0.326 e. The first-order valence-corrected chi connectivity index (χ1v) is 10.4. The van der Waals surface area contributed by atoms with Gasteiger partial charge in [-0.15, -0.1) is 0 Å². The Bertz CT molecular complexity index is 717. The first-order chi connectivity index (χ1) is 14.8. The van der Waals surface area contributed by atoms with Crippen LogP contribution >= 0.6 is 12.6 Å². The van der Waals surface area contributed by atoms with Gasteiger partial charge in [-0.25, -0.2) is 4.79 Å². The molecular formula is C18H31N5O8S. The fourth-order valence-electron chi connectivity index (χ4n) is 2.55. The molecule has 0 radical (unpaired) electrons. The lowest BCUT2D eigenvalue weighted by Crippen LogP contribution is -2.58. The summed E-state index contributed by atoms with van der Waals surface area (Å²) < 4.78 is 0. The molecule has 0 aliphatic carbocycles. The van der Waals surface area contributed by atoms with E-state index >= 15 is 0 Å². The Morgan fingerprint density at radius 1 is 0.875 bits per heavy atom. The quantitative estimate of drug-likeness (QED) is 0.117. The molecule has 0 saturated heterocycles. The number of carboxylic acids is 2. The zero-order valence-corrected chi connectivity index (χ0v) is 18.8. The van der Waals surface area contributed by atoms with Gasteiger partial charge in [0.05, 0.1) is 12.5 Å². The van der Waals surface area contributed by atoms with Gasteiger partial charge in [0.15, 0.2) is 0 Å². The summed E-state index contributed by atoms with van der Waals surface area (Å²) in [7, 11) is 0. The van der Waals surface area contributed by atoms with Crippen molar-refractivity contribution in [1.82, 2.24) is 16.0 Å². The molecule has 4 atom stereocenters. The Labute approximate surface area is 190 Å². The number of amides is 4. The van der Waals surface area contributed by atoms with Gasteiger partial charge in [0.25, 0.3) is 0 Å². The molecule has 13 nitrogen and oxygen atoms in total. The summed E-state index contributed by atoms with van der Waals surface area (Å²) in [5.41, 5.74) is 10.5. The van der Waals surface area contributed by atoms with Crippen LogP contribution in [0, 0.1) is 5.92 Å². The van der Waals surface area contributed by atoms with Crippen LogP contribution in [0.3, 0.4) is 0 Å². The lowest BCUT2D eigenvalue weighted by molar-refractivity contribution is -0.142. The molecule has 0 aromatic rings. The van der Waals surface area contributed by atoms with E-state index in [-0.39, 0.29) is 30.9 Å². The fraction of sp³-hybridized carbons (Fsp3) is 0.667. The third kappa shape index (κ3) is 11.5. The highest BCUT2D eigenvalue weighted by molar-refractivity contribution is 7.80. The van der Waals surface area contributed by atoms with Crippen molar-refractivity contribution in [2.24, 2.45) is 17.4 Å². The van der Waals surface area contributed by atoms with E-state index in [2.05, 4.69) is 28.6 Å². The van der Waals surface area contributed by atoms with Crippen LogP contribution in [0.4, 0.5) is 0 Å². The van der Waals surface area contributed by atoms with E-state index in [0.717, 1.165) is 0 Å². The van der Waals surface area contributed by atoms with E-state index in [1.807, 2.05) is 0 Å². The molecule has 0 rings (SSSR count). The molecule has 0 aliphatic heterocycles. The number of carbonyl (C=O) groups excluding carboxylic acids is 4. The van der Waals surface area contributed by atoms with Gasteiger partial charge in [-0.1, -0.05) is 13.8 Å². The zero-order chi connectivity index (χ0) is 25.0. The maximum atomic E-state index is 12.7. The minimum atomic E-state index is -1.41. The average molecular weight is 478 g/mol. The van der Waals surface area contributed by atoms with Crippen molar-refractivity contribution in [3.05, 3.63) is 0 Å². The number of rotatable bonds is 15. The van der Waals surface area contributed by atoms with Crippen LogP contribution in [0.5, 0.6) is 0 Å². The molecule has 0 aromatic carbocycles. The van der Waals surface area contributed by atoms with Crippen LogP contribution in [-0.2, 0) is 28.8 Å². The van der Waals surface area contributed by atoms with Crippen molar-refractivity contribution < 1.29 is 39.0 Å². The molecule has 9 N–H and O–H groups in total. The molecular weight excluding hydrogens is 446 g/mol. The van der Waals surface area contributed by atoms with E-state index in [4.69, 9.17) is 16.6 Å². The van der Waals surface area contributed by atoms with Crippen LogP contribution in [0.25, 0.3) is 0 Å². The second-order valence-electron chi connectivity index (χ2n) is 7.54. The van der Waals surface area contributed by atoms with Gasteiger partial charge in [-0.05, 0) is 18.8 Å². The summed E-state index contributed by atoms with van der Waals surface area (Å²) in [6.07, 6.45) is -0.981. The molecule has 0 fully saturated rings. The summed E-state index contributed by atoms with van der Waals surface area (Å²) in [5.74, 6) is -6.13. The lowest BCUT2D eigenvalue weighted by atomic mass is 10.0. The molecule has 0 aromatic heterocycles. The van der Waals surface area contributed by atoms with Crippen molar-refractivity contribution in [3.63, 3.8) is 0 Å². The Morgan fingerprint density at radius 2 is 1.38 bits per heavy atom. The van der Waals surface area contributed by atoms with Gasteiger partial charge in [0.1, 0.15) is 18.1 Å². The highest BCUT2D eigenvalue weighted by atomic mass is 32.1. The van der Waals surface area contributed by atoms with Crippen LogP contribution in [-0.4, -0.2) is 75.7 Å². The number of nitrogens with two attached hydrogens (primary N) is 2. The number of primary amides is 1. The van der Waals surface area contributed by atoms with Gasteiger partial charge in [0, 0.05) is 12.2 Å². The minimum absolute atomic E-state index is 0.0600. The van der Waals surface area contributed by atoms with Crippen molar-refractivity contribution in [3.8, 4) is 0 Å². The largest absolute Gasteiger partial charge is 0.481 e. The summed E-state index contributed by atoms with van der Waals surface area (Å²) >= 11 is 4.00. The summed E-state index contributed by atoms with van der Waals surface area (Å²) in [6, 6.07) is -5.15. The summed E-state index contributed by atoms with van der Waals surface area (Å²) in [6.45, 7) is 3.56. The smallest absolute Gasteiger partial charge is 0.326 e. The summed E-state index contributed by atoms with van der Waals surface area (Å²) in [4.78, 5) is 70.2. The second-order valence-corrected chi connectivity index (χ2v) is 7.91. The summed E-state index contributed by atoms with van der Waals surface area (Å²) in [5, 5.41) is 24.9. The number of hydrogen-bond donors (Lipinski definition) is 8. The van der Waals surface area contributed by atoms with Crippen molar-refractivity contribution in [2.75, 3.05) is 5.75 Å². The molecule has 14 heteroatoms. The molecule has 0 aliphatic rings. The van der Waals surface area contributed by atoms with Crippen molar-refractivity contribution >= 4 is 48.2 Å². The molecule has 0 bridgehead atoms. The second kappa shape index (κ2) is 14.2. The van der Waals surface area contributed by atoms with Crippen LogP contribution in [0.2, 0.25) is 0 Å². The minimum Gasteiger partial charge on any atom is -0.481 e. The Kier molecular flexibility index (Phi) is 13.0. The first-order valence-electron chi connectivity index (χ1n) is 9.78. The van der Waals surface area contributed by atoms with Gasteiger partial charge in [-0.3, -0.25) is 24.0 Å². The third-order valence-corrected chi connectivity index (χ3v) is 4.55.